The Balaban J connectivity index is 0.000000268. The van der Waals surface area contributed by atoms with Gasteiger partial charge in [0.2, 0.25) is 6.41 Å². The molecule has 0 saturated carbocycles. The monoisotopic (exact) mass is 314 g/mol. The molecule has 1 aliphatic rings. The van der Waals surface area contributed by atoms with Crippen molar-refractivity contribution in [1.29, 1.82) is 0 Å². The Morgan fingerprint density at radius 1 is 1.17 bits per heavy atom. The fourth-order valence-corrected chi connectivity index (χ4v) is 2.65. The lowest BCUT2D eigenvalue weighted by Crippen LogP contribution is -2.16. The van der Waals surface area contributed by atoms with Gasteiger partial charge in [0.15, 0.2) is 5.82 Å². The largest absolute Gasteiger partial charge is 0.326 e. The number of halogens is 1. The first-order chi connectivity index (χ1) is 11.1. The fourth-order valence-electron chi connectivity index (χ4n) is 2.65. The van der Waals surface area contributed by atoms with E-state index in [4.69, 9.17) is 0 Å². The fraction of sp³-hybridized carbons (Fsp3) is 0.316. The van der Waals surface area contributed by atoms with Crippen molar-refractivity contribution in [2.75, 3.05) is 11.9 Å². The summed E-state index contributed by atoms with van der Waals surface area (Å²) in [5.74, 6) is -0.408. The SMILES string of the molecule is CC1CCCN1.Cc1ccccc1-c1cccc(NC=O)c1F. The Hall–Kier alpha value is -2.20. The molecule has 1 aliphatic heterocycles. The number of rotatable bonds is 3. The molecule has 2 aromatic rings. The third-order valence-electron chi connectivity index (χ3n) is 3.96. The lowest BCUT2D eigenvalue weighted by Gasteiger charge is -2.09. The van der Waals surface area contributed by atoms with Gasteiger partial charge in [0.05, 0.1) is 5.69 Å². The van der Waals surface area contributed by atoms with Crippen LogP contribution in [0.25, 0.3) is 11.1 Å². The molecule has 0 radical (unpaired) electrons. The topological polar surface area (TPSA) is 41.1 Å². The number of carbonyl (C=O) groups excluding carboxylic acids is 1. The number of benzene rings is 2. The third kappa shape index (κ3) is 4.63. The van der Waals surface area contributed by atoms with E-state index in [-0.39, 0.29) is 5.69 Å². The summed E-state index contributed by atoms with van der Waals surface area (Å²) in [6.07, 6.45) is 3.22. The summed E-state index contributed by atoms with van der Waals surface area (Å²) in [5.41, 5.74) is 2.52. The predicted octanol–water partition coefficient (Wildman–Crippen LogP) is 4.13. The number of hydrogen-bond acceptors (Lipinski definition) is 2. The molecule has 1 unspecified atom stereocenters. The van der Waals surface area contributed by atoms with Gasteiger partial charge in [-0.05, 0) is 50.4 Å². The highest BCUT2D eigenvalue weighted by Crippen LogP contribution is 2.29. The van der Waals surface area contributed by atoms with Crippen LogP contribution in [0.5, 0.6) is 0 Å². The maximum Gasteiger partial charge on any atom is 0.211 e. The van der Waals surface area contributed by atoms with E-state index in [1.54, 1.807) is 12.1 Å². The summed E-state index contributed by atoms with van der Waals surface area (Å²) in [4.78, 5) is 10.4. The molecule has 1 saturated heterocycles. The molecular formula is C19H23FN2O. The van der Waals surface area contributed by atoms with Crippen LogP contribution >= 0.6 is 0 Å². The van der Waals surface area contributed by atoms with Gasteiger partial charge in [-0.15, -0.1) is 0 Å². The summed E-state index contributed by atoms with van der Waals surface area (Å²) in [5, 5.41) is 5.67. The van der Waals surface area contributed by atoms with Gasteiger partial charge < -0.3 is 10.6 Å². The third-order valence-corrected chi connectivity index (χ3v) is 3.96. The molecule has 1 heterocycles. The van der Waals surface area contributed by atoms with Crippen LogP contribution in [0, 0.1) is 12.7 Å². The number of carbonyl (C=O) groups is 1. The summed E-state index contributed by atoms with van der Waals surface area (Å²) >= 11 is 0. The first-order valence-corrected chi connectivity index (χ1v) is 7.91. The second-order valence-corrected chi connectivity index (χ2v) is 5.74. The molecule has 2 N–H and O–H groups in total. The smallest absolute Gasteiger partial charge is 0.211 e. The van der Waals surface area contributed by atoms with Gasteiger partial charge in [-0.2, -0.15) is 0 Å². The molecule has 4 heteroatoms. The minimum absolute atomic E-state index is 0.195. The van der Waals surface area contributed by atoms with Crippen molar-refractivity contribution in [2.24, 2.45) is 0 Å². The predicted molar refractivity (Wildman–Crippen MR) is 93.0 cm³/mol. The van der Waals surface area contributed by atoms with Crippen LogP contribution < -0.4 is 10.6 Å². The van der Waals surface area contributed by atoms with Crippen molar-refractivity contribution in [1.82, 2.24) is 5.32 Å². The molecule has 1 fully saturated rings. The van der Waals surface area contributed by atoms with Crippen LogP contribution in [-0.2, 0) is 4.79 Å². The standard InChI is InChI=1S/C14H12FNO.C5H11N/c1-10-5-2-3-6-11(10)12-7-4-8-13(14(12)15)16-9-17;1-5-3-2-4-6-5/h2-9H,1H3,(H,16,17);5-6H,2-4H2,1H3. The number of hydrogen-bond donors (Lipinski definition) is 2. The van der Waals surface area contributed by atoms with Crippen LogP contribution in [-0.4, -0.2) is 19.0 Å². The highest BCUT2D eigenvalue weighted by atomic mass is 19.1. The molecule has 0 aromatic heterocycles. The first kappa shape index (κ1) is 17.2. The van der Waals surface area contributed by atoms with Gasteiger partial charge in [-0.3, -0.25) is 4.79 Å². The van der Waals surface area contributed by atoms with Crippen molar-refractivity contribution in [2.45, 2.75) is 32.7 Å². The summed E-state index contributed by atoms with van der Waals surface area (Å²) < 4.78 is 14.1. The molecular weight excluding hydrogens is 291 g/mol. The molecule has 122 valence electrons. The minimum atomic E-state index is -0.408. The Labute approximate surface area is 136 Å². The van der Waals surface area contributed by atoms with Crippen molar-refractivity contribution in [3.8, 4) is 11.1 Å². The number of amides is 1. The van der Waals surface area contributed by atoms with Crippen LogP contribution in [0.4, 0.5) is 10.1 Å². The Morgan fingerprint density at radius 3 is 2.48 bits per heavy atom. The summed E-state index contributed by atoms with van der Waals surface area (Å²) in [6.45, 7) is 5.39. The molecule has 2 aromatic carbocycles. The molecule has 3 nitrogen and oxygen atoms in total. The van der Waals surface area contributed by atoms with Gasteiger partial charge in [-0.1, -0.05) is 36.4 Å². The van der Waals surface area contributed by atoms with E-state index < -0.39 is 5.82 Å². The average molecular weight is 314 g/mol. The zero-order valence-corrected chi connectivity index (χ0v) is 13.6. The maximum absolute atomic E-state index is 14.1. The van der Waals surface area contributed by atoms with Gasteiger partial charge in [0, 0.05) is 11.6 Å². The molecule has 1 atom stereocenters. The van der Waals surface area contributed by atoms with Crippen LogP contribution in [0.15, 0.2) is 42.5 Å². The number of aryl methyl sites for hydroxylation is 1. The van der Waals surface area contributed by atoms with Crippen molar-refractivity contribution >= 4 is 12.1 Å². The summed E-state index contributed by atoms with van der Waals surface area (Å²) in [7, 11) is 0. The van der Waals surface area contributed by atoms with Gasteiger partial charge in [-0.25, -0.2) is 4.39 Å². The molecule has 0 spiro atoms. The minimum Gasteiger partial charge on any atom is -0.326 e. The highest BCUT2D eigenvalue weighted by Gasteiger charge is 2.10. The highest BCUT2D eigenvalue weighted by molar-refractivity contribution is 5.77. The van der Waals surface area contributed by atoms with E-state index >= 15 is 0 Å². The van der Waals surface area contributed by atoms with E-state index in [1.807, 2.05) is 31.2 Å². The van der Waals surface area contributed by atoms with E-state index in [0.717, 1.165) is 17.2 Å². The first-order valence-electron chi connectivity index (χ1n) is 7.91. The van der Waals surface area contributed by atoms with Crippen molar-refractivity contribution < 1.29 is 9.18 Å². The van der Waals surface area contributed by atoms with E-state index in [2.05, 4.69) is 17.6 Å². The van der Waals surface area contributed by atoms with E-state index in [1.165, 1.54) is 25.5 Å². The number of anilines is 1. The van der Waals surface area contributed by atoms with Gasteiger partial charge in [0.1, 0.15) is 0 Å². The second kappa shape index (κ2) is 8.44. The molecule has 23 heavy (non-hydrogen) atoms. The molecule has 1 amide bonds. The zero-order chi connectivity index (χ0) is 16.7. The average Bonchev–Trinajstić information content (AvgIpc) is 3.02. The van der Waals surface area contributed by atoms with Crippen LogP contribution in [0.3, 0.4) is 0 Å². The molecule has 3 rings (SSSR count). The lowest BCUT2D eigenvalue weighted by atomic mass is 9.99. The Bertz CT molecular complexity index is 652. The molecule has 0 bridgehead atoms. The van der Waals surface area contributed by atoms with Crippen molar-refractivity contribution in [3.05, 3.63) is 53.8 Å². The Morgan fingerprint density at radius 2 is 1.91 bits per heavy atom. The number of nitrogens with one attached hydrogen (secondary N) is 2. The van der Waals surface area contributed by atoms with Crippen molar-refractivity contribution in [3.63, 3.8) is 0 Å². The molecule has 0 aliphatic carbocycles. The van der Waals surface area contributed by atoms with Gasteiger partial charge >= 0.3 is 0 Å². The maximum atomic E-state index is 14.1. The van der Waals surface area contributed by atoms with Gasteiger partial charge in [0.25, 0.3) is 0 Å². The lowest BCUT2D eigenvalue weighted by molar-refractivity contribution is -0.105. The zero-order valence-electron chi connectivity index (χ0n) is 13.6. The quantitative estimate of drug-likeness (QED) is 0.837. The second-order valence-electron chi connectivity index (χ2n) is 5.74. The van der Waals surface area contributed by atoms with E-state index in [0.29, 0.717) is 12.0 Å². The normalized spacial score (nSPS) is 16.4. The summed E-state index contributed by atoms with van der Waals surface area (Å²) in [6, 6.07) is 13.3. The van der Waals surface area contributed by atoms with Crippen LogP contribution in [0.1, 0.15) is 25.3 Å². The van der Waals surface area contributed by atoms with E-state index in [9.17, 15) is 9.18 Å². The Kier molecular flexibility index (Phi) is 6.29. The van der Waals surface area contributed by atoms with Crippen LogP contribution in [0.2, 0.25) is 0 Å².